The minimum atomic E-state index is -0.765. The molecule has 2 atom stereocenters. The van der Waals surface area contributed by atoms with Crippen LogP contribution in [0.1, 0.15) is 54.1 Å². The molecule has 1 saturated carbocycles. The third kappa shape index (κ3) is 6.02. The summed E-state index contributed by atoms with van der Waals surface area (Å²) < 4.78 is 0. The molecule has 5 rings (SSSR count). The lowest BCUT2D eigenvalue weighted by molar-refractivity contribution is -0.131. The van der Waals surface area contributed by atoms with Gasteiger partial charge in [0.15, 0.2) is 0 Å². The molecule has 1 aromatic heterocycles. The Kier molecular flexibility index (Phi) is 7.99. The lowest BCUT2D eigenvalue weighted by Crippen LogP contribution is -2.49. The fourth-order valence-electron chi connectivity index (χ4n) is 5.29. The molecule has 3 aliphatic rings. The minimum Gasteiger partial charge on any atom is -0.508 e. The number of amides is 2. The Hall–Kier alpha value is -3.37. The summed E-state index contributed by atoms with van der Waals surface area (Å²) in [7, 11) is 0. The standard InChI is InChI=1S/C28H38N6O4/c1-2-27(37)34-10-8-33(9-11-34)26-15-19(14-25(32-26)31-21-4-3-5-21)28(38)30-17-24(36)23-13-18-6-7-22(35)12-20(18)16-29-23/h6-7,12,14-15,21,23-24,29,35-36H,2-5,8-11,13,16-17H2,1H3,(H,30,38)(H,31,32)/t23-,24+/m0/s1. The van der Waals surface area contributed by atoms with Crippen LogP contribution in [-0.4, -0.2) is 82.8 Å². The molecule has 1 aliphatic carbocycles. The summed E-state index contributed by atoms with van der Waals surface area (Å²) in [5, 5.41) is 30.2. The summed E-state index contributed by atoms with van der Waals surface area (Å²) in [6.45, 7) is 5.16. The van der Waals surface area contributed by atoms with E-state index in [9.17, 15) is 19.8 Å². The van der Waals surface area contributed by atoms with Crippen LogP contribution in [0.4, 0.5) is 11.6 Å². The molecule has 2 amide bonds. The van der Waals surface area contributed by atoms with Crippen LogP contribution in [0.3, 0.4) is 0 Å². The lowest BCUT2D eigenvalue weighted by Gasteiger charge is -2.36. The van der Waals surface area contributed by atoms with Crippen molar-refractivity contribution in [3.63, 3.8) is 0 Å². The first-order chi connectivity index (χ1) is 18.4. The molecule has 204 valence electrons. The number of phenolic OH excluding ortho intramolecular Hbond substituents is 1. The Labute approximate surface area is 223 Å². The normalized spacial score (nSPS) is 20.3. The number of aromatic hydroxyl groups is 1. The van der Waals surface area contributed by atoms with Gasteiger partial charge in [-0.05, 0) is 61.1 Å². The van der Waals surface area contributed by atoms with E-state index in [1.807, 2.05) is 17.9 Å². The van der Waals surface area contributed by atoms with Gasteiger partial charge in [-0.25, -0.2) is 4.98 Å². The van der Waals surface area contributed by atoms with Crippen LogP contribution in [0.15, 0.2) is 30.3 Å². The maximum atomic E-state index is 13.2. The van der Waals surface area contributed by atoms with Crippen LogP contribution in [0, 0.1) is 0 Å². The third-order valence-corrected chi connectivity index (χ3v) is 7.91. The van der Waals surface area contributed by atoms with Crippen LogP contribution in [0.2, 0.25) is 0 Å². The second-order valence-corrected chi connectivity index (χ2v) is 10.5. The quantitative estimate of drug-likeness (QED) is 0.354. The fourth-order valence-corrected chi connectivity index (χ4v) is 5.29. The Morgan fingerprint density at radius 1 is 1.13 bits per heavy atom. The van der Waals surface area contributed by atoms with Crippen molar-refractivity contribution in [1.82, 2.24) is 20.5 Å². The molecule has 0 spiro atoms. The first kappa shape index (κ1) is 26.2. The van der Waals surface area contributed by atoms with Gasteiger partial charge in [-0.15, -0.1) is 0 Å². The lowest BCUT2D eigenvalue weighted by atomic mass is 9.92. The molecule has 0 bridgehead atoms. The average Bonchev–Trinajstić information content (AvgIpc) is 2.92. The number of aliphatic hydroxyl groups is 1. The molecule has 38 heavy (non-hydrogen) atoms. The van der Waals surface area contributed by atoms with Crippen molar-refractivity contribution in [2.24, 2.45) is 0 Å². The van der Waals surface area contributed by atoms with Crippen molar-refractivity contribution in [3.05, 3.63) is 47.0 Å². The van der Waals surface area contributed by atoms with E-state index in [-0.39, 0.29) is 30.2 Å². The first-order valence-corrected chi connectivity index (χ1v) is 13.7. The van der Waals surface area contributed by atoms with E-state index in [4.69, 9.17) is 4.98 Å². The molecule has 3 heterocycles. The van der Waals surface area contributed by atoms with Crippen molar-refractivity contribution >= 4 is 23.5 Å². The summed E-state index contributed by atoms with van der Waals surface area (Å²) >= 11 is 0. The van der Waals surface area contributed by atoms with Gasteiger partial charge in [0.25, 0.3) is 5.91 Å². The van der Waals surface area contributed by atoms with Crippen molar-refractivity contribution in [2.45, 2.75) is 63.8 Å². The van der Waals surface area contributed by atoms with Crippen molar-refractivity contribution in [2.75, 3.05) is 42.9 Å². The molecule has 1 saturated heterocycles. The molecule has 0 radical (unpaired) electrons. The molecule has 0 unspecified atom stereocenters. The van der Waals surface area contributed by atoms with Gasteiger partial charge in [0, 0.05) is 63.3 Å². The van der Waals surface area contributed by atoms with E-state index in [1.165, 1.54) is 6.42 Å². The van der Waals surface area contributed by atoms with Crippen LogP contribution in [0.25, 0.3) is 0 Å². The number of piperazine rings is 1. The predicted molar refractivity (Wildman–Crippen MR) is 145 cm³/mol. The maximum Gasteiger partial charge on any atom is 0.251 e. The number of hydrogen-bond donors (Lipinski definition) is 5. The van der Waals surface area contributed by atoms with Crippen LogP contribution >= 0.6 is 0 Å². The molecule has 2 aromatic rings. The van der Waals surface area contributed by atoms with Crippen molar-refractivity contribution in [1.29, 1.82) is 0 Å². The van der Waals surface area contributed by atoms with Gasteiger partial charge in [-0.1, -0.05) is 13.0 Å². The van der Waals surface area contributed by atoms with Crippen molar-refractivity contribution in [3.8, 4) is 5.75 Å². The third-order valence-electron chi connectivity index (χ3n) is 7.91. The molecule has 10 heteroatoms. The average molecular weight is 523 g/mol. The van der Waals surface area contributed by atoms with E-state index >= 15 is 0 Å². The number of aliphatic hydroxyl groups excluding tert-OH is 1. The summed E-state index contributed by atoms with van der Waals surface area (Å²) in [4.78, 5) is 34.1. The number of nitrogens with zero attached hydrogens (tertiary/aromatic N) is 3. The molecule has 5 N–H and O–H groups in total. The highest BCUT2D eigenvalue weighted by atomic mass is 16.3. The number of fused-ring (bicyclic) bond motifs is 1. The maximum absolute atomic E-state index is 13.2. The molecule has 2 aliphatic heterocycles. The smallest absolute Gasteiger partial charge is 0.251 e. The van der Waals surface area contributed by atoms with Gasteiger partial charge in [0.2, 0.25) is 5.91 Å². The van der Waals surface area contributed by atoms with Crippen LogP contribution in [0.5, 0.6) is 5.75 Å². The van der Waals surface area contributed by atoms with Gasteiger partial charge < -0.3 is 36.0 Å². The van der Waals surface area contributed by atoms with Gasteiger partial charge in [-0.2, -0.15) is 0 Å². The highest BCUT2D eigenvalue weighted by Gasteiger charge is 2.27. The molecular weight excluding hydrogens is 484 g/mol. The zero-order chi connectivity index (χ0) is 26.6. The first-order valence-electron chi connectivity index (χ1n) is 13.7. The minimum absolute atomic E-state index is 0.116. The highest BCUT2D eigenvalue weighted by Crippen LogP contribution is 2.26. The SMILES string of the molecule is CCC(=O)N1CCN(c2cc(C(=O)NC[C@@H](O)[C@@H]3Cc4ccc(O)cc4CN3)cc(NC3CCC3)n2)CC1. The highest BCUT2D eigenvalue weighted by molar-refractivity contribution is 5.95. The number of nitrogens with one attached hydrogen (secondary N) is 3. The second-order valence-electron chi connectivity index (χ2n) is 10.5. The number of rotatable bonds is 8. The number of carbonyl (C=O) groups excluding carboxylic acids is 2. The van der Waals surface area contributed by atoms with Gasteiger partial charge >= 0.3 is 0 Å². The molecular formula is C28H38N6O4. The largest absolute Gasteiger partial charge is 0.508 e. The number of hydrogen-bond acceptors (Lipinski definition) is 8. The summed E-state index contributed by atoms with van der Waals surface area (Å²) in [6.07, 6.45) is 3.73. The topological polar surface area (TPSA) is 130 Å². The number of phenols is 1. The summed E-state index contributed by atoms with van der Waals surface area (Å²) in [6, 6.07) is 9.04. The van der Waals surface area contributed by atoms with E-state index in [0.717, 1.165) is 29.8 Å². The second kappa shape index (κ2) is 11.6. The van der Waals surface area contributed by atoms with E-state index in [0.29, 0.717) is 63.0 Å². The van der Waals surface area contributed by atoms with E-state index in [2.05, 4.69) is 20.9 Å². The van der Waals surface area contributed by atoms with Gasteiger partial charge in [0.1, 0.15) is 17.4 Å². The Morgan fingerprint density at radius 3 is 2.63 bits per heavy atom. The fraction of sp³-hybridized carbons (Fsp3) is 0.536. The number of benzene rings is 1. The number of anilines is 2. The van der Waals surface area contributed by atoms with Crippen molar-refractivity contribution < 1.29 is 19.8 Å². The van der Waals surface area contributed by atoms with Crippen LogP contribution in [-0.2, 0) is 17.8 Å². The Balaban J connectivity index is 1.23. The van der Waals surface area contributed by atoms with E-state index < -0.39 is 6.10 Å². The molecule has 2 fully saturated rings. The van der Waals surface area contributed by atoms with Crippen LogP contribution < -0.4 is 20.9 Å². The number of aromatic nitrogens is 1. The zero-order valence-corrected chi connectivity index (χ0v) is 21.9. The van der Waals surface area contributed by atoms with E-state index in [1.54, 1.807) is 24.3 Å². The molecule has 1 aromatic carbocycles. The predicted octanol–water partition coefficient (Wildman–Crippen LogP) is 1.62. The summed E-state index contributed by atoms with van der Waals surface area (Å²) in [5.74, 6) is 1.53. The Bertz CT molecular complexity index is 1160. The molecule has 10 nitrogen and oxygen atoms in total. The number of carbonyl (C=O) groups is 2. The zero-order valence-electron chi connectivity index (χ0n) is 21.9. The van der Waals surface area contributed by atoms with Gasteiger partial charge in [0.05, 0.1) is 6.10 Å². The van der Waals surface area contributed by atoms with Gasteiger partial charge in [-0.3, -0.25) is 9.59 Å². The summed E-state index contributed by atoms with van der Waals surface area (Å²) in [5.41, 5.74) is 2.60. The monoisotopic (exact) mass is 522 g/mol. The Morgan fingerprint density at radius 2 is 1.92 bits per heavy atom. The number of pyridine rings is 1.